The molecule has 0 atom stereocenters. The molecule has 0 heterocycles. The van der Waals surface area contributed by atoms with Crippen LogP contribution in [0.2, 0.25) is 0 Å². The number of hydrogen-bond donors (Lipinski definition) is 4. The zero-order valence-corrected chi connectivity index (χ0v) is 41.1. The van der Waals surface area contributed by atoms with Crippen LogP contribution in [-0.2, 0) is 26.2 Å². The number of rotatable bonds is 20. The minimum atomic E-state index is -1.48. The summed E-state index contributed by atoms with van der Waals surface area (Å²) in [4.78, 5) is 57.1. The molecule has 0 radical (unpaired) electrons. The highest BCUT2D eigenvalue weighted by Crippen LogP contribution is 2.39. The van der Waals surface area contributed by atoms with Gasteiger partial charge >= 0.3 is 0 Å². The lowest BCUT2D eigenvalue weighted by atomic mass is 9.75. The minimum absolute atomic E-state index is 0.289. The molecule has 0 aromatic heterocycles. The second kappa shape index (κ2) is 21.3. The smallest absolute Gasteiger partial charge is 0.193 e. The summed E-state index contributed by atoms with van der Waals surface area (Å²) in [5.41, 5.74) is -0.0821. The predicted octanol–water partition coefficient (Wildman–Crippen LogP) is 9.71. The predicted molar refractivity (Wildman–Crippen MR) is 263 cm³/mol. The Morgan fingerprint density at radius 3 is 0.836 bits per heavy atom. The quantitative estimate of drug-likeness (QED) is 0.0630. The third kappa shape index (κ3) is 14.2. The first-order valence-corrected chi connectivity index (χ1v) is 24.3. The van der Waals surface area contributed by atoms with Gasteiger partial charge in [-0.25, -0.2) is 0 Å². The molecule has 360 valence electrons. The van der Waals surface area contributed by atoms with Gasteiger partial charge in [-0.1, -0.05) is 72.8 Å². The van der Waals surface area contributed by atoms with Gasteiger partial charge in [-0.3, -0.25) is 29.0 Å². The van der Waals surface area contributed by atoms with E-state index in [1.807, 2.05) is 72.8 Å². The number of benzene rings is 4. The molecule has 2 fully saturated rings. The van der Waals surface area contributed by atoms with Crippen molar-refractivity contribution < 1.29 is 39.6 Å². The molecule has 0 unspecified atom stereocenters. The third-order valence-electron chi connectivity index (χ3n) is 13.9. The largest absolute Gasteiger partial charge is 0.382 e. The summed E-state index contributed by atoms with van der Waals surface area (Å²) in [6, 6.07) is 30.7. The van der Waals surface area contributed by atoms with Crippen LogP contribution < -0.4 is 0 Å². The molecule has 6 rings (SSSR count). The van der Waals surface area contributed by atoms with Crippen LogP contribution in [0.25, 0.3) is 0 Å². The van der Waals surface area contributed by atoms with E-state index in [-0.39, 0.29) is 35.2 Å². The van der Waals surface area contributed by atoms with Gasteiger partial charge in [-0.05, 0) is 172 Å². The molecule has 10 nitrogen and oxygen atoms in total. The molecule has 10 heteroatoms. The number of hydrogen-bond acceptors (Lipinski definition) is 10. The van der Waals surface area contributed by atoms with E-state index in [2.05, 4.69) is 9.80 Å². The van der Waals surface area contributed by atoms with Gasteiger partial charge < -0.3 is 20.4 Å². The van der Waals surface area contributed by atoms with Crippen molar-refractivity contribution in [1.29, 1.82) is 0 Å². The molecule has 67 heavy (non-hydrogen) atoms. The molecule has 0 spiro atoms. The van der Waals surface area contributed by atoms with E-state index in [9.17, 15) is 39.6 Å². The van der Waals surface area contributed by atoms with Gasteiger partial charge in [0.05, 0.1) is 0 Å². The molecular weight excluding hydrogens is 841 g/mol. The minimum Gasteiger partial charge on any atom is -0.382 e. The fourth-order valence-corrected chi connectivity index (χ4v) is 10.2. The molecular formula is C57H74N2O8. The summed E-state index contributed by atoms with van der Waals surface area (Å²) in [7, 11) is 0. The molecule has 0 aliphatic heterocycles. The number of carbonyl (C=O) groups is 4. The topological polar surface area (TPSA) is 156 Å². The number of carbonyl (C=O) groups excluding carboxylic acids is 4. The standard InChI is InChI=1S/C57H74N2O8/c1-54(2,64)50(60)44-17-9-13-40(30-44)34-58(35-41-14-10-18-45(31-41)51(61)55(3,4)65)48-25-21-38(22-26-48)29-39-23-27-49(28-24-39)59(36-42-15-11-19-46(32-42)52(62)56(5,6)66)37-43-16-12-20-47(33-43)53(63)57(7,8)67/h9-20,30-33,38-39,48-49,64-67H,21-29,34-37H2,1-8H3. The maximum Gasteiger partial charge on any atom is 0.193 e. The lowest BCUT2D eigenvalue weighted by molar-refractivity contribution is 0.0487. The molecule has 0 amide bonds. The Bertz CT molecular complexity index is 2050. The lowest BCUT2D eigenvalue weighted by Gasteiger charge is -2.40. The molecule has 2 aliphatic carbocycles. The summed E-state index contributed by atoms with van der Waals surface area (Å²) in [5, 5.41) is 41.9. The van der Waals surface area contributed by atoms with Crippen molar-refractivity contribution in [1.82, 2.24) is 9.80 Å². The van der Waals surface area contributed by atoms with Crippen molar-refractivity contribution in [3.8, 4) is 0 Å². The highest BCUT2D eigenvalue weighted by Gasteiger charge is 2.33. The molecule has 0 bridgehead atoms. The average molecular weight is 915 g/mol. The Morgan fingerprint density at radius 2 is 0.627 bits per heavy atom. The van der Waals surface area contributed by atoms with Crippen LogP contribution in [0.3, 0.4) is 0 Å². The third-order valence-corrected chi connectivity index (χ3v) is 13.9. The Hall–Kier alpha value is -4.68. The zero-order valence-electron chi connectivity index (χ0n) is 41.1. The monoisotopic (exact) mass is 915 g/mol. The fourth-order valence-electron chi connectivity index (χ4n) is 10.2. The Labute approximate surface area is 398 Å². The van der Waals surface area contributed by atoms with Crippen molar-refractivity contribution in [2.24, 2.45) is 11.8 Å². The summed E-state index contributed by atoms with van der Waals surface area (Å²) >= 11 is 0. The van der Waals surface area contributed by atoms with E-state index in [0.717, 1.165) is 73.6 Å². The molecule has 2 saturated carbocycles. The Balaban J connectivity index is 1.13. The van der Waals surface area contributed by atoms with E-state index >= 15 is 0 Å². The van der Waals surface area contributed by atoms with Gasteiger partial charge in [0.25, 0.3) is 0 Å². The van der Waals surface area contributed by atoms with E-state index < -0.39 is 22.4 Å². The number of nitrogens with zero attached hydrogens (tertiary/aromatic N) is 2. The van der Waals surface area contributed by atoms with Crippen LogP contribution in [0.15, 0.2) is 97.1 Å². The van der Waals surface area contributed by atoms with Gasteiger partial charge in [0.2, 0.25) is 0 Å². The summed E-state index contributed by atoms with van der Waals surface area (Å²) < 4.78 is 0. The van der Waals surface area contributed by atoms with Gasteiger partial charge in [0, 0.05) is 60.5 Å². The molecule has 4 aromatic carbocycles. The van der Waals surface area contributed by atoms with Crippen molar-refractivity contribution >= 4 is 23.1 Å². The van der Waals surface area contributed by atoms with Crippen molar-refractivity contribution in [2.75, 3.05) is 0 Å². The maximum atomic E-state index is 13.0. The second-order valence-electron chi connectivity index (χ2n) is 21.7. The van der Waals surface area contributed by atoms with Gasteiger partial charge in [0.15, 0.2) is 23.1 Å². The Kier molecular flexibility index (Phi) is 16.4. The van der Waals surface area contributed by atoms with Crippen LogP contribution in [0.1, 0.15) is 177 Å². The maximum absolute atomic E-state index is 13.0. The first kappa shape index (κ1) is 51.7. The molecule has 4 aromatic rings. The van der Waals surface area contributed by atoms with Crippen LogP contribution in [-0.4, -0.2) is 87.8 Å². The van der Waals surface area contributed by atoms with Crippen LogP contribution in [0.4, 0.5) is 0 Å². The number of aliphatic hydroxyl groups is 4. The average Bonchev–Trinajstić information content (AvgIpc) is 3.27. The first-order chi connectivity index (χ1) is 31.3. The van der Waals surface area contributed by atoms with Gasteiger partial charge in [-0.2, -0.15) is 0 Å². The second-order valence-corrected chi connectivity index (χ2v) is 21.7. The normalized spacial score (nSPS) is 19.7. The van der Waals surface area contributed by atoms with Crippen molar-refractivity contribution in [2.45, 2.75) is 174 Å². The van der Waals surface area contributed by atoms with Crippen molar-refractivity contribution in [3.05, 3.63) is 142 Å². The van der Waals surface area contributed by atoms with E-state index in [0.29, 0.717) is 60.3 Å². The molecule has 0 saturated heterocycles. The molecule has 2 aliphatic rings. The van der Waals surface area contributed by atoms with Gasteiger partial charge in [0.1, 0.15) is 22.4 Å². The lowest BCUT2D eigenvalue weighted by Crippen LogP contribution is -2.39. The first-order valence-electron chi connectivity index (χ1n) is 24.3. The van der Waals surface area contributed by atoms with Gasteiger partial charge in [-0.15, -0.1) is 0 Å². The van der Waals surface area contributed by atoms with E-state index in [1.165, 1.54) is 61.8 Å². The van der Waals surface area contributed by atoms with E-state index in [1.54, 1.807) is 24.3 Å². The summed E-state index contributed by atoms with van der Waals surface area (Å²) in [6.07, 6.45) is 9.75. The van der Waals surface area contributed by atoms with Crippen LogP contribution in [0.5, 0.6) is 0 Å². The fraction of sp³-hybridized carbons (Fsp3) is 0.509. The van der Waals surface area contributed by atoms with Crippen LogP contribution >= 0.6 is 0 Å². The van der Waals surface area contributed by atoms with Crippen molar-refractivity contribution in [3.63, 3.8) is 0 Å². The summed E-state index contributed by atoms with van der Waals surface area (Å²) in [6.45, 7) is 14.5. The highest BCUT2D eigenvalue weighted by molar-refractivity contribution is 6.03. The number of ketones is 4. The zero-order chi connectivity index (χ0) is 48.9. The Morgan fingerprint density at radius 1 is 0.403 bits per heavy atom. The summed E-state index contributed by atoms with van der Waals surface area (Å²) in [5.74, 6) is -0.0575. The SMILES string of the molecule is CC(C)(O)C(=O)c1cccc(CN(Cc2cccc(C(=O)C(C)(C)O)c2)C2CCC(CC3CCC(N(Cc4cccc(C(=O)C(C)(C)O)c4)Cc4cccc(C(=O)C(C)(C)O)c4)CC3)CC2)c1. The highest BCUT2D eigenvalue weighted by atomic mass is 16.3. The molecule has 4 N–H and O–H groups in total. The number of Topliss-reactive ketones (excluding diaryl/α,β-unsaturated/α-hetero) is 4. The van der Waals surface area contributed by atoms with E-state index in [4.69, 9.17) is 0 Å². The van der Waals surface area contributed by atoms with Crippen LogP contribution in [0, 0.1) is 11.8 Å².